The molecule has 1 heterocycles. The molecule has 1 fully saturated rings. The molecule has 5 nitrogen and oxygen atoms in total. The van der Waals surface area contributed by atoms with Gasteiger partial charge in [0.15, 0.2) is 0 Å². The van der Waals surface area contributed by atoms with E-state index >= 15 is 0 Å². The minimum Gasteiger partial charge on any atom is -0.468 e. The number of likely N-dealkylation sites (tertiary alicyclic amines) is 1. The highest BCUT2D eigenvalue weighted by atomic mass is 16.5. The molecule has 1 N–H and O–H groups in total. The lowest BCUT2D eigenvalue weighted by molar-refractivity contribution is -0.143. The molecule has 19 heavy (non-hydrogen) atoms. The quantitative estimate of drug-likeness (QED) is 0.702. The Labute approximate surface area is 116 Å². The fourth-order valence-electron chi connectivity index (χ4n) is 2.53. The Hall–Kier alpha value is -0.650. The Morgan fingerprint density at radius 3 is 2.74 bits per heavy atom. The predicted molar refractivity (Wildman–Crippen MR) is 75.2 cm³/mol. The van der Waals surface area contributed by atoms with E-state index in [-0.39, 0.29) is 18.1 Å². The topological polar surface area (TPSA) is 50.8 Å². The third-order valence-corrected chi connectivity index (χ3v) is 3.55. The molecule has 0 aromatic heterocycles. The first-order valence-corrected chi connectivity index (χ1v) is 7.15. The summed E-state index contributed by atoms with van der Waals surface area (Å²) in [5.41, 5.74) is 0. The van der Waals surface area contributed by atoms with Crippen molar-refractivity contribution < 1.29 is 14.3 Å². The molecule has 2 unspecified atom stereocenters. The van der Waals surface area contributed by atoms with Crippen LogP contribution < -0.4 is 5.32 Å². The number of carbonyl (C=O) groups is 1. The van der Waals surface area contributed by atoms with Gasteiger partial charge in [-0.2, -0.15) is 0 Å². The molecule has 1 aliphatic rings. The summed E-state index contributed by atoms with van der Waals surface area (Å²) in [6, 6.07) is 0.0603. The minimum absolute atomic E-state index is 0.172. The fraction of sp³-hybridized carbons (Fsp3) is 0.929. The van der Waals surface area contributed by atoms with Crippen LogP contribution in [0, 0.1) is 0 Å². The van der Waals surface area contributed by atoms with Crippen LogP contribution in [0.2, 0.25) is 0 Å². The van der Waals surface area contributed by atoms with E-state index < -0.39 is 0 Å². The van der Waals surface area contributed by atoms with Crippen molar-refractivity contribution in [2.24, 2.45) is 0 Å². The summed E-state index contributed by atoms with van der Waals surface area (Å²) in [7, 11) is 3.21. The maximum Gasteiger partial charge on any atom is 0.322 e. The second-order valence-electron chi connectivity index (χ2n) is 5.49. The van der Waals surface area contributed by atoms with E-state index in [4.69, 9.17) is 9.47 Å². The molecule has 1 saturated heterocycles. The molecule has 0 aliphatic carbocycles. The van der Waals surface area contributed by atoms with Crippen LogP contribution in [-0.4, -0.2) is 62.9 Å². The van der Waals surface area contributed by atoms with Gasteiger partial charge in [-0.3, -0.25) is 4.79 Å². The Morgan fingerprint density at radius 2 is 2.16 bits per heavy atom. The maximum atomic E-state index is 11.7. The number of ether oxygens (including phenoxy) is 2. The number of carbonyl (C=O) groups excluding carboxylic acids is 1. The van der Waals surface area contributed by atoms with Crippen LogP contribution in [-0.2, 0) is 14.3 Å². The summed E-state index contributed by atoms with van der Waals surface area (Å²) >= 11 is 0. The molecule has 112 valence electrons. The normalized spacial score (nSPS) is 22.5. The summed E-state index contributed by atoms with van der Waals surface area (Å²) in [5, 5.41) is 3.26. The number of nitrogens with one attached hydrogen (secondary N) is 1. The number of methoxy groups -OCH3 is 2. The van der Waals surface area contributed by atoms with Crippen LogP contribution >= 0.6 is 0 Å². The molecule has 0 aromatic carbocycles. The Balaban J connectivity index is 2.39. The number of hydrogen-bond donors (Lipinski definition) is 1. The van der Waals surface area contributed by atoms with Crippen LogP contribution in [0.3, 0.4) is 0 Å². The van der Waals surface area contributed by atoms with Gasteiger partial charge < -0.3 is 19.7 Å². The molecular formula is C14H28N2O3. The number of hydrogen-bond acceptors (Lipinski definition) is 5. The molecule has 0 bridgehead atoms. The largest absolute Gasteiger partial charge is 0.468 e. The van der Waals surface area contributed by atoms with E-state index in [0.717, 1.165) is 32.5 Å². The van der Waals surface area contributed by atoms with Gasteiger partial charge in [0, 0.05) is 26.2 Å². The lowest BCUT2D eigenvalue weighted by Crippen LogP contribution is -2.46. The molecule has 0 spiro atoms. The zero-order valence-corrected chi connectivity index (χ0v) is 12.6. The van der Waals surface area contributed by atoms with E-state index in [2.05, 4.69) is 10.2 Å². The number of nitrogens with zero attached hydrogens (tertiary/aromatic N) is 1. The van der Waals surface area contributed by atoms with Crippen molar-refractivity contribution in [3.8, 4) is 0 Å². The van der Waals surface area contributed by atoms with Crippen LogP contribution in [0.25, 0.3) is 0 Å². The molecule has 5 heteroatoms. The molecule has 0 amide bonds. The minimum atomic E-state index is -0.215. The fourth-order valence-corrected chi connectivity index (χ4v) is 2.53. The van der Waals surface area contributed by atoms with Crippen molar-refractivity contribution in [1.82, 2.24) is 10.2 Å². The lowest BCUT2D eigenvalue weighted by atomic mass is 10.1. The van der Waals surface area contributed by atoms with Crippen molar-refractivity contribution in [1.29, 1.82) is 0 Å². The third-order valence-electron chi connectivity index (χ3n) is 3.55. The number of piperidine rings is 1. The van der Waals surface area contributed by atoms with E-state index in [1.54, 1.807) is 7.11 Å². The molecule has 0 radical (unpaired) electrons. The summed E-state index contributed by atoms with van der Waals surface area (Å²) in [5.74, 6) is -0.172. The van der Waals surface area contributed by atoms with Gasteiger partial charge in [-0.15, -0.1) is 0 Å². The van der Waals surface area contributed by atoms with Gasteiger partial charge >= 0.3 is 5.97 Å². The summed E-state index contributed by atoms with van der Waals surface area (Å²) < 4.78 is 10.3. The lowest BCUT2D eigenvalue weighted by Gasteiger charge is -2.32. The van der Waals surface area contributed by atoms with Crippen molar-refractivity contribution in [2.45, 2.75) is 51.3 Å². The monoisotopic (exact) mass is 272 g/mol. The smallest absolute Gasteiger partial charge is 0.322 e. The average Bonchev–Trinajstić information content (AvgIpc) is 2.42. The average molecular weight is 272 g/mol. The summed E-state index contributed by atoms with van der Waals surface area (Å²) in [6.45, 7) is 7.04. The van der Waals surface area contributed by atoms with Gasteiger partial charge in [0.2, 0.25) is 0 Å². The molecule has 0 saturated carbocycles. The number of esters is 1. The van der Waals surface area contributed by atoms with E-state index in [0.29, 0.717) is 6.10 Å². The third kappa shape index (κ3) is 5.89. The number of rotatable bonds is 7. The highest BCUT2D eigenvalue weighted by Gasteiger charge is 2.23. The summed E-state index contributed by atoms with van der Waals surface area (Å²) in [6.07, 6.45) is 3.42. The van der Waals surface area contributed by atoms with Crippen molar-refractivity contribution in [3.63, 3.8) is 0 Å². The second kappa shape index (κ2) is 8.51. The van der Waals surface area contributed by atoms with Crippen molar-refractivity contribution >= 4 is 5.97 Å². The van der Waals surface area contributed by atoms with Crippen LogP contribution in [0.4, 0.5) is 0 Å². The Morgan fingerprint density at radius 1 is 1.42 bits per heavy atom. The van der Waals surface area contributed by atoms with Gasteiger partial charge in [0.25, 0.3) is 0 Å². The molecule has 0 aromatic rings. The van der Waals surface area contributed by atoms with Gasteiger partial charge in [-0.1, -0.05) is 13.8 Å². The van der Waals surface area contributed by atoms with Gasteiger partial charge in [0.1, 0.15) is 6.04 Å². The first-order chi connectivity index (χ1) is 9.06. The Kier molecular flexibility index (Phi) is 7.34. The first-order valence-electron chi connectivity index (χ1n) is 7.15. The van der Waals surface area contributed by atoms with Gasteiger partial charge in [-0.05, 0) is 25.8 Å². The van der Waals surface area contributed by atoms with Crippen molar-refractivity contribution in [3.05, 3.63) is 0 Å². The zero-order valence-electron chi connectivity index (χ0n) is 12.6. The van der Waals surface area contributed by atoms with E-state index in [9.17, 15) is 4.79 Å². The first kappa shape index (κ1) is 16.4. The zero-order chi connectivity index (χ0) is 14.3. The van der Waals surface area contributed by atoms with Crippen LogP contribution in [0.5, 0.6) is 0 Å². The van der Waals surface area contributed by atoms with Gasteiger partial charge in [0.05, 0.1) is 13.2 Å². The second-order valence-corrected chi connectivity index (χ2v) is 5.49. The highest BCUT2D eigenvalue weighted by Crippen LogP contribution is 2.13. The van der Waals surface area contributed by atoms with Crippen LogP contribution in [0.15, 0.2) is 0 Å². The molecule has 2 atom stereocenters. The predicted octanol–water partition coefficient (Wildman–Crippen LogP) is 1.03. The molecular weight excluding hydrogens is 244 g/mol. The maximum absolute atomic E-state index is 11.7. The van der Waals surface area contributed by atoms with E-state index in [1.807, 2.05) is 13.8 Å². The van der Waals surface area contributed by atoms with Crippen LogP contribution in [0.1, 0.15) is 33.1 Å². The highest BCUT2D eigenvalue weighted by molar-refractivity contribution is 5.75. The SMILES string of the molecule is COC(=O)C(CCN1CCCC(OC)C1)NC(C)C. The summed E-state index contributed by atoms with van der Waals surface area (Å²) in [4.78, 5) is 14.1. The standard InChI is InChI=1S/C14H28N2O3/c1-11(2)15-13(14(17)19-4)7-9-16-8-5-6-12(10-16)18-3/h11-13,15H,5-10H2,1-4H3. The molecule has 1 rings (SSSR count). The molecule has 1 aliphatic heterocycles. The Bertz CT molecular complexity index is 271. The van der Waals surface area contributed by atoms with Gasteiger partial charge in [-0.25, -0.2) is 0 Å². The van der Waals surface area contributed by atoms with Crippen molar-refractivity contribution in [2.75, 3.05) is 33.9 Å². The van der Waals surface area contributed by atoms with E-state index in [1.165, 1.54) is 13.5 Å².